The first-order valence-electron chi connectivity index (χ1n) is 3.83. The summed E-state index contributed by atoms with van der Waals surface area (Å²) in [5.74, 6) is 0.273. The third kappa shape index (κ3) is 1.21. The molecule has 0 aliphatic carbocycles. The zero-order valence-corrected chi connectivity index (χ0v) is 7.75. The molecule has 0 bridgehead atoms. The molecule has 3 nitrogen and oxygen atoms in total. The average Bonchev–Trinajstić information content (AvgIpc) is 2.45. The fourth-order valence-corrected chi connectivity index (χ4v) is 1.46. The van der Waals surface area contributed by atoms with Crippen molar-refractivity contribution < 1.29 is 4.79 Å². The summed E-state index contributed by atoms with van der Waals surface area (Å²) in [6.07, 6.45) is 1.77. The second kappa shape index (κ2) is 2.85. The summed E-state index contributed by atoms with van der Waals surface area (Å²) in [6, 6.07) is 5.62. The van der Waals surface area contributed by atoms with Crippen LogP contribution in [0.3, 0.4) is 0 Å². The van der Waals surface area contributed by atoms with Crippen molar-refractivity contribution in [3.63, 3.8) is 0 Å². The molecule has 0 unspecified atom stereocenters. The second-order valence-corrected chi connectivity index (χ2v) is 3.09. The molecule has 0 fully saturated rings. The van der Waals surface area contributed by atoms with Crippen LogP contribution in [0, 0.1) is 6.92 Å². The lowest BCUT2D eigenvalue weighted by Gasteiger charge is -1.93. The Labute approximate surface area is 80.0 Å². The molecule has 0 aromatic carbocycles. The van der Waals surface area contributed by atoms with Gasteiger partial charge < -0.3 is 0 Å². The Morgan fingerprint density at radius 2 is 2.31 bits per heavy atom. The number of carbonyl (C=O) groups is 1. The van der Waals surface area contributed by atoms with Gasteiger partial charge in [0, 0.05) is 6.20 Å². The van der Waals surface area contributed by atoms with Crippen molar-refractivity contribution in [1.29, 1.82) is 0 Å². The highest BCUT2D eigenvalue weighted by Gasteiger charge is 2.11. The van der Waals surface area contributed by atoms with Crippen molar-refractivity contribution in [1.82, 2.24) is 9.38 Å². The number of hydrogen-bond donors (Lipinski definition) is 0. The van der Waals surface area contributed by atoms with Gasteiger partial charge in [-0.25, -0.2) is 4.98 Å². The lowest BCUT2D eigenvalue weighted by molar-refractivity contribution is 0.107. The molecule has 0 aliphatic heterocycles. The number of imidazole rings is 1. The van der Waals surface area contributed by atoms with Gasteiger partial charge in [0.2, 0.25) is 0 Å². The number of rotatable bonds is 1. The van der Waals surface area contributed by atoms with E-state index in [9.17, 15) is 4.79 Å². The van der Waals surface area contributed by atoms with Gasteiger partial charge in [0.15, 0.2) is 5.82 Å². The van der Waals surface area contributed by atoms with Gasteiger partial charge in [-0.15, -0.1) is 0 Å². The number of carbonyl (C=O) groups excluding carboxylic acids is 1. The molecule has 0 atom stereocenters. The van der Waals surface area contributed by atoms with E-state index in [-0.39, 0.29) is 5.82 Å². The van der Waals surface area contributed by atoms with Crippen molar-refractivity contribution in [3.8, 4) is 0 Å². The summed E-state index contributed by atoms with van der Waals surface area (Å²) in [5.41, 5.74) is 1.72. The number of fused-ring (bicyclic) bond motifs is 1. The number of hydrogen-bond acceptors (Lipinski definition) is 2. The SMILES string of the molecule is Cc1nc(C(=O)Cl)n2ccccc12. The fourth-order valence-electron chi connectivity index (χ4n) is 1.33. The standard InChI is InChI=1S/C9H7ClN2O/c1-6-7-4-2-3-5-12(7)9(11-6)8(10)13/h2-5H,1H3. The molecule has 2 aromatic rings. The van der Waals surface area contributed by atoms with Crippen LogP contribution in [-0.4, -0.2) is 14.6 Å². The van der Waals surface area contributed by atoms with E-state index in [4.69, 9.17) is 11.6 Å². The minimum absolute atomic E-state index is 0.273. The lowest BCUT2D eigenvalue weighted by atomic mass is 10.3. The molecule has 0 saturated heterocycles. The van der Waals surface area contributed by atoms with Crippen LogP contribution in [0.5, 0.6) is 0 Å². The zero-order chi connectivity index (χ0) is 9.42. The Balaban J connectivity index is 2.85. The van der Waals surface area contributed by atoms with Crippen LogP contribution in [0.1, 0.15) is 16.3 Å². The fraction of sp³-hybridized carbons (Fsp3) is 0.111. The normalized spacial score (nSPS) is 10.6. The maximum atomic E-state index is 11.0. The summed E-state index contributed by atoms with van der Waals surface area (Å²) in [5, 5.41) is -0.533. The van der Waals surface area contributed by atoms with Crippen LogP contribution < -0.4 is 0 Å². The number of pyridine rings is 1. The van der Waals surface area contributed by atoms with Gasteiger partial charge >= 0.3 is 0 Å². The predicted octanol–water partition coefficient (Wildman–Crippen LogP) is 2.02. The molecule has 13 heavy (non-hydrogen) atoms. The van der Waals surface area contributed by atoms with Gasteiger partial charge in [0.05, 0.1) is 11.2 Å². The molecular formula is C9H7ClN2O. The molecular weight excluding hydrogens is 188 g/mol. The summed E-state index contributed by atoms with van der Waals surface area (Å²) in [4.78, 5) is 15.0. The van der Waals surface area contributed by atoms with Crippen molar-refractivity contribution in [3.05, 3.63) is 35.9 Å². The van der Waals surface area contributed by atoms with Gasteiger partial charge in [-0.3, -0.25) is 9.20 Å². The van der Waals surface area contributed by atoms with Crippen molar-refractivity contribution in [2.45, 2.75) is 6.92 Å². The van der Waals surface area contributed by atoms with Crippen LogP contribution >= 0.6 is 11.6 Å². The van der Waals surface area contributed by atoms with Gasteiger partial charge in [0.25, 0.3) is 5.24 Å². The first kappa shape index (κ1) is 8.26. The number of halogens is 1. The molecule has 0 saturated carbocycles. The number of aromatic nitrogens is 2. The zero-order valence-electron chi connectivity index (χ0n) is 6.99. The molecule has 2 rings (SSSR count). The Morgan fingerprint density at radius 1 is 1.54 bits per heavy atom. The van der Waals surface area contributed by atoms with E-state index in [1.54, 1.807) is 10.6 Å². The Kier molecular flexibility index (Phi) is 1.81. The van der Waals surface area contributed by atoms with E-state index in [2.05, 4.69) is 4.98 Å². The van der Waals surface area contributed by atoms with Crippen molar-refractivity contribution in [2.24, 2.45) is 0 Å². The Hall–Kier alpha value is -1.35. The van der Waals surface area contributed by atoms with Crippen LogP contribution in [0.15, 0.2) is 24.4 Å². The lowest BCUT2D eigenvalue weighted by Crippen LogP contribution is -1.97. The summed E-state index contributed by atoms with van der Waals surface area (Å²) in [6.45, 7) is 1.85. The van der Waals surface area contributed by atoms with Gasteiger partial charge in [-0.2, -0.15) is 0 Å². The van der Waals surface area contributed by atoms with Crippen LogP contribution in [0.4, 0.5) is 0 Å². The average molecular weight is 195 g/mol. The first-order valence-corrected chi connectivity index (χ1v) is 4.21. The maximum absolute atomic E-state index is 11.0. The van der Waals surface area contributed by atoms with E-state index in [0.29, 0.717) is 0 Å². The predicted molar refractivity (Wildman–Crippen MR) is 50.1 cm³/mol. The minimum atomic E-state index is -0.533. The molecule has 0 aliphatic rings. The molecule has 0 N–H and O–H groups in total. The number of nitrogens with zero attached hydrogens (tertiary/aromatic N) is 2. The van der Waals surface area contributed by atoms with Crippen molar-refractivity contribution in [2.75, 3.05) is 0 Å². The molecule has 4 heteroatoms. The molecule has 0 spiro atoms. The van der Waals surface area contributed by atoms with Crippen LogP contribution in [-0.2, 0) is 0 Å². The molecule has 2 heterocycles. The van der Waals surface area contributed by atoms with Crippen LogP contribution in [0.25, 0.3) is 5.52 Å². The third-order valence-corrected chi connectivity index (χ3v) is 2.08. The second-order valence-electron chi connectivity index (χ2n) is 2.75. The summed E-state index contributed by atoms with van der Waals surface area (Å²) >= 11 is 5.37. The van der Waals surface area contributed by atoms with E-state index in [1.165, 1.54) is 0 Å². The number of aryl methyl sites for hydroxylation is 1. The molecule has 0 radical (unpaired) electrons. The smallest absolute Gasteiger partial charge is 0.288 e. The Morgan fingerprint density at radius 3 is 3.00 bits per heavy atom. The van der Waals surface area contributed by atoms with Gasteiger partial charge in [-0.1, -0.05) is 6.07 Å². The van der Waals surface area contributed by atoms with Crippen LogP contribution in [0.2, 0.25) is 0 Å². The highest BCUT2D eigenvalue weighted by molar-refractivity contribution is 6.67. The largest absolute Gasteiger partial charge is 0.296 e. The Bertz CT molecular complexity index is 475. The minimum Gasteiger partial charge on any atom is -0.296 e. The first-order chi connectivity index (χ1) is 6.20. The van der Waals surface area contributed by atoms with Crippen molar-refractivity contribution >= 4 is 22.4 Å². The highest BCUT2D eigenvalue weighted by Crippen LogP contribution is 2.12. The summed E-state index contributed by atoms with van der Waals surface area (Å²) in [7, 11) is 0. The third-order valence-electron chi connectivity index (χ3n) is 1.91. The quantitative estimate of drug-likeness (QED) is 0.651. The molecule has 66 valence electrons. The topological polar surface area (TPSA) is 34.4 Å². The monoisotopic (exact) mass is 194 g/mol. The van der Waals surface area contributed by atoms with Gasteiger partial charge in [-0.05, 0) is 30.7 Å². The summed E-state index contributed by atoms with van der Waals surface area (Å²) < 4.78 is 1.69. The maximum Gasteiger partial charge on any atom is 0.288 e. The van der Waals surface area contributed by atoms with E-state index >= 15 is 0 Å². The highest BCUT2D eigenvalue weighted by atomic mass is 35.5. The van der Waals surface area contributed by atoms with E-state index in [0.717, 1.165) is 11.2 Å². The van der Waals surface area contributed by atoms with E-state index < -0.39 is 5.24 Å². The van der Waals surface area contributed by atoms with E-state index in [1.807, 2.05) is 25.1 Å². The van der Waals surface area contributed by atoms with Gasteiger partial charge in [0.1, 0.15) is 0 Å². The molecule has 0 amide bonds. The molecule has 2 aromatic heterocycles.